The first kappa shape index (κ1) is 14.2. The van der Waals surface area contributed by atoms with Gasteiger partial charge >= 0.3 is 0 Å². The van der Waals surface area contributed by atoms with Crippen LogP contribution in [0, 0.1) is 6.92 Å². The standard InChI is InChI=1S/C15H12ClN5O/c1-9-17-13(16)8-14(18-9)19-11-4-2-3-10(7-11)12-5-6-15(22)21-20-12/h2-8H,1H3,(H,21,22)(H,17,18,19). The Balaban J connectivity index is 1.90. The minimum absolute atomic E-state index is 0.232. The number of nitrogens with zero attached hydrogens (tertiary/aromatic N) is 3. The van der Waals surface area contributed by atoms with E-state index in [2.05, 4.69) is 25.5 Å². The maximum atomic E-state index is 11.1. The van der Waals surface area contributed by atoms with Crippen molar-refractivity contribution in [2.45, 2.75) is 6.92 Å². The number of halogens is 1. The topological polar surface area (TPSA) is 83.6 Å². The maximum absolute atomic E-state index is 11.1. The smallest absolute Gasteiger partial charge is 0.264 e. The summed E-state index contributed by atoms with van der Waals surface area (Å²) in [5.41, 5.74) is 2.15. The van der Waals surface area contributed by atoms with E-state index in [0.29, 0.717) is 22.5 Å². The minimum Gasteiger partial charge on any atom is -0.340 e. The molecule has 0 unspecified atom stereocenters. The van der Waals surface area contributed by atoms with Crippen molar-refractivity contribution >= 4 is 23.1 Å². The van der Waals surface area contributed by atoms with E-state index in [9.17, 15) is 4.79 Å². The van der Waals surface area contributed by atoms with E-state index in [4.69, 9.17) is 11.6 Å². The van der Waals surface area contributed by atoms with Crippen molar-refractivity contribution in [1.82, 2.24) is 20.2 Å². The second-order valence-corrected chi connectivity index (χ2v) is 5.02. The minimum atomic E-state index is -0.232. The summed E-state index contributed by atoms with van der Waals surface area (Å²) in [6.07, 6.45) is 0. The fourth-order valence-electron chi connectivity index (χ4n) is 2.00. The molecule has 6 nitrogen and oxygen atoms in total. The lowest BCUT2D eigenvalue weighted by Gasteiger charge is -2.08. The van der Waals surface area contributed by atoms with Gasteiger partial charge in [0.2, 0.25) is 0 Å². The molecule has 0 aliphatic heterocycles. The molecule has 0 bridgehead atoms. The van der Waals surface area contributed by atoms with Crippen molar-refractivity contribution in [2.75, 3.05) is 5.32 Å². The van der Waals surface area contributed by atoms with Crippen molar-refractivity contribution in [3.8, 4) is 11.3 Å². The van der Waals surface area contributed by atoms with Gasteiger partial charge in [-0.15, -0.1) is 0 Å². The van der Waals surface area contributed by atoms with Gasteiger partial charge in [0.15, 0.2) is 0 Å². The molecule has 1 aromatic carbocycles. The maximum Gasteiger partial charge on any atom is 0.264 e. The monoisotopic (exact) mass is 313 g/mol. The largest absolute Gasteiger partial charge is 0.340 e. The van der Waals surface area contributed by atoms with Crippen LogP contribution in [0.2, 0.25) is 5.15 Å². The lowest BCUT2D eigenvalue weighted by atomic mass is 10.1. The number of rotatable bonds is 3. The lowest BCUT2D eigenvalue weighted by Crippen LogP contribution is -2.05. The molecule has 0 saturated heterocycles. The Hall–Kier alpha value is -2.73. The van der Waals surface area contributed by atoms with Gasteiger partial charge in [0.05, 0.1) is 5.69 Å². The van der Waals surface area contributed by atoms with Crippen LogP contribution in [0.1, 0.15) is 5.82 Å². The molecule has 0 saturated carbocycles. The first-order valence-electron chi connectivity index (χ1n) is 6.54. The van der Waals surface area contributed by atoms with Gasteiger partial charge in [-0.1, -0.05) is 23.7 Å². The van der Waals surface area contributed by atoms with Crippen LogP contribution in [-0.4, -0.2) is 20.2 Å². The molecule has 2 heterocycles. The Kier molecular flexibility index (Phi) is 3.84. The average Bonchev–Trinajstić information content (AvgIpc) is 2.47. The molecule has 0 spiro atoms. The zero-order valence-electron chi connectivity index (χ0n) is 11.7. The Morgan fingerprint density at radius 1 is 1.14 bits per heavy atom. The number of aromatic nitrogens is 4. The van der Waals surface area contributed by atoms with Crippen LogP contribution in [0.5, 0.6) is 0 Å². The first-order valence-corrected chi connectivity index (χ1v) is 6.92. The zero-order chi connectivity index (χ0) is 15.5. The summed E-state index contributed by atoms with van der Waals surface area (Å²) in [5, 5.41) is 9.99. The van der Waals surface area contributed by atoms with E-state index in [1.54, 1.807) is 19.1 Å². The number of hydrogen-bond donors (Lipinski definition) is 2. The van der Waals surface area contributed by atoms with E-state index < -0.39 is 0 Å². The van der Waals surface area contributed by atoms with Crippen LogP contribution < -0.4 is 10.9 Å². The number of nitrogens with one attached hydrogen (secondary N) is 2. The summed E-state index contributed by atoms with van der Waals surface area (Å²) in [7, 11) is 0. The quantitative estimate of drug-likeness (QED) is 0.726. The molecule has 0 atom stereocenters. The van der Waals surface area contributed by atoms with Crippen molar-refractivity contribution in [1.29, 1.82) is 0 Å². The number of anilines is 2. The number of aryl methyl sites for hydroxylation is 1. The van der Waals surface area contributed by atoms with E-state index >= 15 is 0 Å². The molecular formula is C15H12ClN5O. The number of hydrogen-bond acceptors (Lipinski definition) is 5. The SMILES string of the molecule is Cc1nc(Cl)cc(Nc2cccc(-c3ccc(=O)[nH]n3)c2)n1. The van der Waals surface area contributed by atoms with Gasteiger partial charge in [-0.25, -0.2) is 15.1 Å². The molecular weight excluding hydrogens is 302 g/mol. The molecule has 0 radical (unpaired) electrons. The average molecular weight is 314 g/mol. The Labute approximate surface area is 131 Å². The summed E-state index contributed by atoms with van der Waals surface area (Å²) in [5.74, 6) is 1.21. The highest BCUT2D eigenvalue weighted by Crippen LogP contribution is 2.22. The van der Waals surface area contributed by atoms with Crippen LogP contribution in [-0.2, 0) is 0 Å². The third-order valence-corrected chi connectivity index (χ3v) is 3.11. The van der Waals surface area contributed by atoms with Crippen molar-refractivity contribution in [3.05, 3.63) is 63.8 Å². The van der Waals surface area contributed by atoms with Crippen LogP contribution >= 0.6 is 11.6 Å². The van der Waals surface area contributed by atoms with Crippen LogP contribution in [0.4, 0.5) is 11.5 Å². The highest BCUT2D eigenvalue weighted by Gasteiger charge is 2.04. The fraction of sp³-hybridized carbons (Fsp3) is 0.0667. The first-order chi connectivity index (χ1) is 10.6. The fourth-order valence-corrected chi connectivity index (χ4v) is 2.23. The van der Waals surface area contributed by atoms with Gasteiger partial charge in [-0.3, -0.25) is 4.79 Å². The molecule has 0 amide bonds. The molecule has 7 heteroatoms. The van der Waals surface area contributed by atoms with Gasteiger partial charge < -0.3 is 5.32 Å². The molecule has 0 fully saturated rings. The summed E-state index contributed by atoms with van der Waals surface area (Å²) in [6, 6.07) is 12.4. The van der Waals surface area contributed by atoms with Gasteiger partial charge in [0, 0.05) is 23.4 Å². The number of H-pyrrole nitrogens is 1. The van der Waals surface area contributed by atoms with E-state index in [0.717, 1.165) is 11.3 Å². The van der Waals surface area contributed by atoms with E-state index in [1.165, 1.54) is 6.07 Å². The van der Waals surface area contributed by atoms with Crippen molar-refractivity contribution < 1.29 is 0 Å². The summed E-state index contributed by atoms with van der Waals surface area (Å²) >= 11 is 5.92. The second kappa shape index (κ2) is 5.95. The van der Waals surface area contributed by atoms with Crippen LogP contribution in [0.3, 0.4) is 0 Å². The van der Waals surface area contributed by atoms with Gasteiger partial charge in [0.1, 0.15) is 16.8 Å². The van der Waals surface area contributed by atoms with Crippen molar-refractivity contribution in [3.63, 3.8) is 0 Å². The highest BCUT2D eigenvalue weighted by atomic mass is 35.5. The number of aromatic amines is 1. The second-order valence-electron chi connectivity index (χ2n) is 4.64. The molecule has 110 valence electrons. The molecule has 0 aliphatic rings. The Morgan fingerprint density at radius 2 is 2.00 bits per heavy atom. The lowest BCUT2D eigenvalue weighted by molar-refractivity contribution is 0.995. The normalized spacial score (nSPS) is 10.5. The molecule has 0 aliphatic carbocycles. The number of benzene rings is 1. The summed E-state index contributed by atoms with van der Waals surface area (Å²) in [4.78, 5) is 19.4. The van der Waals surface area contributed by atoms with Gasteiger partial charge in [-0.05, 0) is 25.1 Å². The molecule has 2 N–H and O–H groups in total. The van der Waals surface area contributed by atoms with E-state index in [-0.39, 0.29) is 5.56 Å². The van der Waals surface area contributed by atoms with Crippen LogP contribution in [0.15, 0.2) is 47.3 Å². The Bertz CT molecular complexity index is 837. The predicted molar refractivity (Wildman–Crippen MR) is 85.4 cm³/mol. The third kappa shape index (κ3) is 3.29. The van der Waals surface area contributed by atoms with Crippen LogP contribution in [0.25, 0.3) is 11.3 Å². The van der Waals surface area contributed by atoms with Gasteiger partial charge in [-0.2, -0.15) is 5.10 Å². The van der Waals surface area contributed by atoms with Crippen molar-refractivity contribution in [2.24, 2.45) is 0 Å². The third-order valence-electron chi connectivity index (χ3n) is 2.92. The highest BCUT2D eigenvalue weighted by molar-refractivity contribution is 6.29. The summed E-state index contributed by atoms with van der Waals surface area (Å²) in [6.45, 7) is 1.78. The van der Waals surface area contributed by atoms with Gasteiger partial charge in [0.25, 0.3) is 5.56 Å². The molecule has 22 heavy (non-hydrogen) atoms. The molecule has 2 aromatic heterocycles. The predicted octanol–water partition coefficient (Wildman–Crippen LogP) is 2.93. The Morgan fingerprint density at radius 3 is 2.73 bits per heavy atom. The van der Waals surface area contributed by atoms with E-state index in [1.807, 2.05) is 24.3 Å². The summed E-state index contributed by atoms with van der Waals surface area (Å²) < 4.78 is 0. The molecule has 3 rings (SSSR count). The zero-order valence-corrected chi connectivity index (χ0v) is 12.4. The molecule has 3 aromatic rings.